The minimum atomic E-state index is -2.62. The van der Waals surface area contributed by atoms with Gasteiger partial charge in [-0.05, 0) is 12.1 Å². The maximum Gasteiger partial charge on any atom is 0.319 e. The number of alkyl halides is 2. The zero-order chi connectivity index (χ0) is 12.4. The fraction of sp³-hybridized carbons (Fsp3) is 0.273. The number of hydrogen-bond donors (Lipinski definition) is 0. The fourth-order valence-electron chi connectivity index (χ4n) is 1.67. The van der Waals surface area contributed by atoms with Crippen molar-refractivity contribution in [3.8, 4) is 0 Å². The number of hydrogen-bond acceptors (Lipinski definition) is 2. The number of carbonyl (C=O) groups excluding carboxylic acids is 1. The molecule has 6 heteroatoms. The number of imidazole rings is 1. The lowest BCUT2D eigenvalue weighted by molar-refractivity contribution is 0.0667. The zero-order valence-corrected chi connectivity index (χ0v) is 9.18. The molecule has 2 aromatic heterocycles. The maximum atomic E-state index is 12.6. The highest BCUT2D eigenvalue weighted by Gasteiger charge is 2.13. The SMILES string of the molecule is CC(=O)c1cccn1Cc1nccn1C(F)F. The molecule has 0 aliphatic carbocycles. The van der Waals surface area contributed by atoms with Gasteiger partial charge in [0.25, 0.3) is 0 Å². The first-order valence-corrected chi connectivity index (χ1v) is 5.05. The van der Waals surface area contributed by atoms with Crippen LogP contribution in [-0.4, -0.2) is 19.9 Å². The molecule has 0 radical (unpaired) electrons. The topological polar surface area (TPSA) is 39.8 Å². The van der Waals surface area contributed by atoms with Gasteiger partial charge in [-0.1, -0.05) is 0 Å². The van der Waals surface area contributed by atoms with Crippen LogP contribution in [0.2, 0.25) is 0 Å². The molecule has 0 N–H and O–H groups in total. The average molecular weight is 239 g/mol. The summed E-state index contributed by atoms with van der Waals surface area (Å²) in [6, 6.07) is 3.35. The summed E-state index contributed by atoms with van der Waals surface area (Å²) in [6.45, 7) is -1.03. The van der Waals surface area contributed by atoms with E-state index in [0.717, 1.165) is 4.57 Å². The summed E-state index contributed by atoms with van der Waals surface area (Å²) in [6.07, 6.45) is 4.20. The molecule has 17 heavy (non-hydrogen) atoms. The van der Waals surface area contributed by atoms with Gasteiger partial charge in [0.1, 0.15) is 5.82 Å². The molecule has 0 aromatic carbocycles. The number of rotatable bonds is 4. The maximum absolute atomic E-state index is 12.6. The molecule has 0 amide bonds. The third-order valence-corrected chi connectivity index (χ3v) is 2.46. The van der Waals surface area contributed by atoms with Gasteiger partial charge in [-0.2, -0.15) is 8.78 Å². The van der Waals surface area contributed by atoms with Gasteiger partial charge in [-0.25, -0.2) is 4.98 Å². The molecule has 2 aromatic rings. The first-order valence-electron chi connectivity index (χ1n) is 5.05. The zero-order valence-electron chi connectivity index (χ0n) is 9.18. The Balaban J connectivity index is 2.29. The Bertz CT molecular complexity index is 530. The van der Waals surface area contributed by atoms with E-state index < -0.39 is 6.55 Å². The van der Waals surface area contributed by atoms with E-state index in [1.165, 1.54) is 19.3 Å². The van der Waals surface area contributed by atoms with Crippen molar-refractivity contribution in [2.75, 3.05) is 0 Å². The smallest absolute Gasteiger partial charge is 0.319 e. The summed E-state index contributed by atoms with van der Waals surface area (Å²) in [5.41, 5.74) is 0.480. The summed E-state index contributed by atoms with van der Waals surface area (Å²) >= 11 is 0. The third-order valence-electron chi connectivity index (χ3n) is 2.46. The van der Waals surface area contributed by atoms with Crippen molar-refractivity contribution >= 4 is 5.78 Å². The number of carbonyl (C=O) groups is 1. The van der Waals surface area contributed by atoms with Crippen molar-refractivity contribution in [2.24, 2.45) is 0 Å². The lowest BCUT2D eigenvalue weighted by Crippen LogP contribution is -2.12. The molecule has 0 atom stereocenters. The van der Waals surface area contributed by atoms with Crippen molar-refractivity contribution in [3.05, 3.63) is 42.2 Å². The van der Waals surface area contributed by atoms with Gasteiger partial charge in [0.15, 0.2) is 5.78 Å². The monoisotopic (exact) mass is 239 g/mol. The van der Waals surface area contributed by atoms with Crippen LogP contribution in [0.3, 0.4) is 0 Å². The number of Topliss-reactive ketones (excluding diaryl/α,β-unsaturated/α-hetero) is 1. The Morgan fingerprint density at radius 2 is 2.24 bits per heavy atom. The van der Waals surface area contributed by atoms with Gasteiger partial charge in [-0.3, -0.25) is 9.36 Å². The fourth-order valence-corrected chi connectivity index (χ4v) is 1.67. The van der Waals surface area contributed by atoms with Crippen molar-refractivity contribution in [2.45, 2.75) is 20.0 Å². The van der Waals surface area contributed by atoms with Crippen LogP contribution < -0.4 is 0 Å². The van der Waals surface area contributed by atoms with Gasteiger partial charge in [-0.15, -0.1) is 0 Å². The van der Waals surface area contributed by atoms with Gasteiger partial charge in [0.2, 0.25) is 0 Å². The summed E-state index contributed by atoms with van der Waals surface area (Å²) in [5, 5.41) is 0. The summed E-state index contributed by atoms with van der Waals surface area (Å²) in [5.74, 6) is 0.115. The van der Waals surface area contributed by atoms with Crippen molar-refractivity contribution in [1.82, 2.24) is 14.1 Å². The lowest BCUT2D eigenvalue weighted by atomic mass is 10.3. The van der Waals surface area contributed by atoms with E-state index in [2.05, 4.69) is 4.98 Å². The summed E-state index contributed by atoms with van der Waals surface area (Å²) < 4.78 is 27.6. The second kappa shape index (κ2) is 4.48. The van der Waals surface area contributed by atoms with Crippen LogP contribution in [0.4, 0.5) is 8.78 Å². The highest BCUT2D eigenvalue weighted by atomic mass is 19.3. The predicted octanol–water partition coefficient (Wildman–Crippen LogP) is 2.33. The standard InChI is InChI=1S/C11H11F2N3O/c1-8(17)9-3-2-5-15(9)7-10-14-4-6-16(10)11(12)13/h2-6,11H,7H2,1H3. The summed E-state index contributed by atoms with van der Waals surface area (Å²) in [4.78, 5) is 15.1. The Hall–Kier alpha value is -1.98. The number of ketones is 1. The molecular weight excluding hydrogens is 228 g/mol. The molecule has 0 saturated heterocycles. The van der Waals surface area contributed by atoms with Crippen molar-refractivity contribution in [3.63, 3.8) is 0 Å². The van der Waals surface area contributed by atoms with Gasteiger partial charge >= 0.3 is 6.55 Å². The number of aromatic nitrogens is 3. The molecule has 2 rings (SSSR count). The minimum Gasteiger partial charge on any atom is -0.338 e. The van der Waals surface area contributed by atoms with E-state index in [0.29, 0.717) is 5.69 Å². The number of nitrogens with zero attached hydrogens (tertiary/aromatic N) is 3. The molecule has 90 valence electrons. The van der Waals surface area contributed by atoms with Crippen LogP contribution in [-0.2, 0) is 6.54 Å². The summed E-state index contributed by atoms with van der Waals surface area (Å²) in [7, 11) is 0. The molecule has 4 nitrogen and oxygen atoms in total. The van der Waals surface area contributed by atoms with E-state index in [1.807, 2.05) is 0 Å². The van der Waals surface area contributed by atoms with E-state index in [9.17, 15) is 13.6 Å². The van der Waals surface area contributed by atoms with Crippen molar-refractivity contribution < 1.29 is 13.6 Å². The molecule has 0 bridgehead atoms. The van der Waals surface area contributed by atoms with Crippen LogP contribution in [0.1, 0.15) is 29.8 Å². The van der Waals surface area contributed by atoms with Crippen LogP contribution in [0.15, 0.2) is 30.7 Å². The molecule has 2 heterocycles. The first kappa shape index (κ1) is 11.5. The van der Waals surface area contributed by atoms with Crippen LogP contribution in [0.25, 0.3) is 0 Å². The van der Waals surface area contributed by atoms with Gasteiger partial charge in [0.05, 0.1) is 12.2 Å². The van der Waals surface area contributed by atoms with Gasteiger partial charge in [0, 0.05) is 25.5 Å². The Labute approximate surface area is 96.5 Å². The first-order chi connectivity index (χ1) is 8.09. The van der Waals surface area contributed by atoms with Crippen LogP contribution in [0, 0.1) is 0 Å². The highest BCUT2D eigenvalue weighted by molar-refractivity contribution is 5.92. The largest absolute Gasteiger partial charge is 0.338 e. The lowest BCUT2D eigenvalue weighted by Gasteiger charge is -2.09. The van der Waals surface area contributed by atoms with E-state index >= 15 is 0 Å². The quantitative estimate of drug-likeness (QED) is 0.768. The normalized spacial score (nSPS) is 11.1. The van der Waals surface area contributed by atoms with Crippen LogP contribution in [0.5, 0.6) is 0 Å². The molecule has 0 aliphatic heterocycles. The Morgan fingerprint density at radius 3 is 2.88 bits per heavy atom. The van der Waals surface area contributed by atoms with Gasteiger partial charge < -0.3 is 4.57 Å². The number of halogens is 2. The third kappa shape index (κ3) is 2.25. The van der Waals surface area contributed by atoms with E-state index in [1.54, 1.807) is 22.9 Å². The van der Waals surface area contributed by atoms with Crippen LogP contribution >= 0.6 is 0 Å². The minimum absolute atomic E-state index is 0.106. The van der Waals surface area contributed by atoms with E-state index in [-0.39, 0.29) is 18.2 Å². The van der Waals surface area contributed by atoms with E-state index in [4.69, 9.17) is 0 Å². The second-order valence-corrected chi connectivity index (χ2v) is 3.61. The molecule has 0 saturated carbocycles. The molecule has 0 unspecified atom stereocenters. The Morgan fingerprint density at radius 1 is 1.47 bits per heavy atom. The molecule has 0 aliphatic rings. The molecule has 0 spiro atoms. The van der Waals surface area contributed by atoms with Crippen molar-refractivity contribution in [1.29, 1.82) is 0 Å². The predicted molar refractivity (Wildman–Crippen MR) is 57.0 cm³/mol. The highest BCUT2D eigenvalue weighted by Crippen LogP contribution is 2.14. The Kier molecular flexibility index (Phi) is 3.03. The second-order valence-electron chi connectivity index (χ2n) is 3.61. The molecule has 0 fully saturated rings. The molecular formula is C11H11F2N3O. The average Bonchev–Trinajstić information content (AvgIpc) is 2.86.